The number of benzene rings is 1. The number of aliphatic hydroxyl groups is 1. The lowest BCUT2D eigenvalue weighted by atomic mass is 9.71. The quantitative estimate of drug-likeness (QED) is 0.854. The summed E-state index contributed by atoms with van der Waals surface area (Å²) in [5.74, 6) is 0.776. The number of rotatable bonds is 2. The summed E-state index contributed by atoms with van der Waals surface area (Å²) in [6.45, 7) is 4.36. The molecule has 0 amide bonds. The molecule has 100 valence electrons. The molecule has 0 aliphatic heterocycles. The molecule has 1 N–H and O–H groups in total. The maximum atomic E-state index is 13.8. The van der Waals surface area contributed by atoms with Crippen molar-refractivity contribution in [2.75, 3.05) is 0 Å². The summed E-state index contributed by atoms with van der Waals surface area (Å²) in [6.07, 6.45) is 2.75. The van der Waals surface area contributed by atoms with Crippen LogP contribution in [0.25, 0.3) is 0 Å². The summed E-state index contributed by atoms with van der Waals surface area (Å²) in [4.78, 5) is 0. The van der Waals surface area contributed by atoms with Crippen LogP contribution < -0.4 is 0 Å². The van der Waals surface area contributed by atoms with Crippen LogP contribution in [0.15, 0.2) is 18.2 Å². The van der Waals surface area contributed by atoms with Crippen LogP contribution in [0, 0.1) is 17.7 Å². The van der Waals surface area contributed by atoms with E-state index < -0.39 is 5.60 Å². The number of hydrogen-bond donors (Lipinski definition) is 1. The van der Waals surface area contributed by atoms with Gasteiger partial charge in [-0.25, -0.2) is 4.39 Å². The van der Waals surface area contributed by atoms with Crippen LogP contribution in [-0.2, 0) is 6.42 Å². The average molecular weight is 271 g/mol. The van der Waals surface area contributed by atoms with Crippen molar-refractivity contribution in [3.05, 3.63) is 34.6 Å². The zero-order chi connectivity index (χ0) is 13.3. The van der Waals surface area contributed by atoms with E-state index in [2.05, 4.69) is 13.8 Å². The first kappa shape index (κ1) is 13.8. The van der Waals surface area contributed by atoms with Gasteiger partial charge >= 0.3 is 0 Å². The Bertz CT molecular complexity index is 414. The lowest BCUT2D eigenvalue weighted by molar-refractivity contribution is -0.0285. The lowest BCUT2D eigenvalue weighted by Gasteiger charge is -2.39. The van der Waals surface area contributed by atoms with Crippen LogP contribution in [0.2, 0.25) is 5.02 Å². The zero-order valence-electron chi connectivity index (χ0n) is 10.9. The van der Waals surface area contributed by atoms with E-state index in [1.807, 2.05) is 0 Å². The van der Waals surface area contributed by atoms with Gasteiger partial charge in [0.1, 0.15) is 5.82 Å². The van der Waals surface area contributed by atoms with Crippen LogP contribution >= 0.6 is 11.6 Å². The fraction of sp³-hybridized carbons (Fsp3) is 0.600. The van der Waals surface area contributed by atoms with Crippen molar-refractivity contribution in [2.45, 2.75) is 45.1 Å². The van der Waals surface area contributed by atoms with E-state index in [0.717, 1.165) is 19.3 Å². The minimum atomic E-state index is -0.808. The van der Waals surface area contributed by atoms with E-state index in [0.29, 0.717) is 28.8 Å². The van der Waals surface area contributed by atoms with E-state index in [9.17, 15) is 9.50 Å². The Balaban J connectivity index is 2.18. The molecule has 1 nitrogen and oxygen atoms in total. The van der Waals surface area contributed by atoms with Gasteiger partial charge in [0.25, 0.3) is 0 Å². The lowest BCUT2D eigenvalue weighted by Crippen LogP contribution is -2.39. The molecule has 0 heterocycles. The first-order valence-corrected chi connectivity index (χ1v) is 6.94. The molecular weight excluding hydrogens is 251 g/mol. The fourth-order valence-corrected chi connectivity index (χ4v) is 3.10. The SMILES string of the molecule is CC1CCC(O)(Cc2c(F)cccc2Cl)CC1C. The second-order valence-corrected chi connectivity index (χ2v) is 6.21. The van der Waals surface area contributed by atoms with Crippen LogP contribution in [0.5, 0.6) is 0 Å². The first-order chi connectivity index (χ1) is 8.41. The predicted molar refractivity (Wildman–Crippen MR) is 72.2 cm³/mol. The molecule has 0 bridgehead atoms. The third-order valence-corrected chi connectivity index (χ3v) is 4.66. The summed E-state index contributed by atoms with van der Waals surface area (Å²) in [5, 5.41) is 11.0. The van der Waals surface area contributed by atoms with E-state index in [1.165, 1.54) is 6.07 Å². The van der Waals surface area contributed by atoms with Gasteiger partial charge in [-0.1, -0.05) is 31.5 Å². The summed E-state index contributed by atoms with van der Waals surface area (Å²) >= 11 is 6.02. The molecule has 3 atom stereocenters. The van der Waals surface area contributed by atoms with Gasteiger partial charge in [0, 0.05) is 17.0 Å². The largest absolute Gasteiger partial charge is 0.390 e. The molecule has 0 saturated heterocycles. The Hall–Kier alpha value is -0.600. The molecule has 0 radical (unpaired) electrons. The minimum Gasteiger partial charge on any atom is -0.390 e. The fourth-order valence-electron chi connectivity index (χ4n) is 2.87. The van der Waals surface area contributed by atoms with Crippen molar-refractivity contribution in [3.63, 3.8) is 0 Å². The van der Waals surface area contributed by atoms with E-state index in [-0.39, 0.29) is 5.82 Å². The van der Waals surface area contributed by atoms with Crippen LogP contribution in [0.4, 0.5) is 4.39 Å². The number of hydrogen-bond acceptors (Lipinski definition) is 1. The Labute approximate surface area is 113 Å². The highest BCUT2D eigenvalue weighted by Crippen LogP contribution is 2.39. The van der Waals surface area contributed by atoms with Gasteiger partial charge in [0.05, 0.1) is 5.60 Å². The van der Waals surface area contributed by atoms with E-state index >= 15 is 0 Å². The molecule has 1 fully saturated rings. The molecule has 2 rings (SSSR count). The third-order valence-electron chi connectivity index (χ3n) is 4.31. The van der Waals surface area contributed by atoms with Crippen LogP contribution in [0.1, 0.15) is 38.7 Å². The molecular formula is C15H20ClFO. The van der Waals surface area contributed by atoms with Gasteiger partial charge in [-0.05, 0) is 43.2 Å². The molecule has 18 heavy (non-hydrogen) atoms. The second-order valence-electron chi connectivity index (χ2n) is 5.80. The smallest absolute Gasteiger partial charge is 0.127 e. The normalized spacial score (nSPS) is 32.5. The highest BCUT2D eigenvalue weighted by atomic mass is 35.5. The molecule has 0 spiro atoms. The van der Waals surface area contributed by atoms with Gasteiger partial charge in [-0.15, -0.1) is 0 Å². The third kappa shape index (κ3) is 2.86. The Morgan fingerprint density at radius 1 is 1.39 bits per heavy atom. The Morgan fingerprint density at radius 3 is 2.72 bits per heavy atom. The molecule has 1 aromatic carbocycles. The molecule has 1 aromatic rings. The van der Waals surface area contributed by atoms with Crippen LogP contribution in [-0.4, -0.2) is 10.7 Å². The molecule has 3 heteroatoms. The molecule has 3 unspecified atom stereocenters. The van der Waals surface area contributed by atoms with Gasteiger partial charge in [-0.3, -0.25) is 0 Å². The van der Waals surface area contributed by atoms with E-state index in [4.69, 9.17) is 11.6 Å². The molecule has 1 aliphatic carbocycles. The number of halogens is 2. The topological polar surface area (TPSA) is 20.2 Å². The minimum absolute atomic E-state index is 0.315. The zero-order valence-corrected chi connectivity index (χ0v) is 11.7. The Morgan fingerprint density at radius 2 is 2.11 bits per heavy atom. The summed E-state index contributed by atoms with van der Waals surface area (Å²) in [5.41, 5.74) is -0.360. The van der Waals surface area contributed by atoms with Gasteiger partial charge in [0.2, 0.25) is 0 Å². The van der Waals surface area contributed by atoms with Crippen molar-refractivity contribution in [2.24, 2.45) is 11.8 Å². The van der Waals surface area contributed by atoms with Crippen molar-refractivity contribution in [1.29, 1.82) is 0 Å². The van der Waals surface area contributed by atoms with E-state index in [1.54, 1.807) is 12.1 Å². The highest BCUT2D eigenvalue weighted by Gasteiger charge is 2.36. The maximum Gasteiger partial charge on any atom is 0.127 e. The summed E-state index contributed by atoms with van der Waals surface area (Å²) in [7, 11) is 0. The van der Waals surface area contributed by atoms with Gasteiger partial charge in [-0.2, -0.15) is 0 Å². The molecule has 0 aromatic heterocycles. The van der Waals surface area contributed by atoms with Crippen molar-refractivity contribution in [3.8, 4) is 0 Å². The van der Waals surface area contributed by atoms with Crippen molar-refractivity contribution >= 4 is 11.6 Å². The van der Waals surface area contributed by atoms with Crippen molar-refractivity contribution in [1.82, 2.24) is 0 Å². The molecule has 1 saturated carbocycles. The summed E-state index contributed by atoms with van der Waals surface area (Å²) < 4.78 is 13.8. The van der Waals surface area contributed by atoms with Crippen LogP contribution in [0.3, 0.4) is 0 Å². The average Bonchev–Trinajstić information content (AvgIpc) is 2.30. The molecule has 1 aliphatic rings. The first-order valence-electron chi connectivity index (χ1n) is 6.56. The van der Waals surface area contributed by atoms with Gasteiger partial charge < -0.3 is 5.11 Å². The monoisotopic (exact) mass is 270 g/mol. The van der Waals surface area contributed by atoms with Crippen molar-refractivity contribution < 1.29 is 9.50 Å². The standard InChI is InChI=1S/C15H20ClFO/c1-10-6-7-15(18,8-11(10)2)9-12-13(16)4-3-5-14(12)17/h3-5,10-11,18H,6-9H2,1-2H3. The second kappa shape index (κ2) is 5.18. The maximum absolute atomic E-state index is 13.8. The Kier molecular flexibility index (Phi) is 3.98. The van der Waals surface area contributed by atoms with Gasteiger partial charge in [0.15, 0.2) is 0 Å². The predicted octanol–water partition coefficient (Wildman–Crippen LogP) is 4.21. The summed E-state index contributed by atoms with van der Waals surface area (Å²) in [6, 6.07) is 4.68. The highest BCUT2D eigenvalue weighted by molar-refractivity contribution is 6.31.